The van der Waals surface area contributed by atoms with Crippen LogP contribution >= 0.6 is 11.3 Å². The van der Waals surface area contributed by atoms with E-state index in [0.29, 0.717) is 10.7 Å². The highest BCUT2D eigenvalue weighted by molar-refractivity contribution is 7.16. The first-order valence-electron chi connectivity index (χ1n) is 9.49. The Balaban J connectivity index is 2.00. The van der Waals surface area contributed by atoms with Gasteiger partial charge in [-0.05, 0) is 30.5 Å². The average molecular weight is 417 g/mol. The third kappa shape index (κ3) is 4.61. The number of thiazole rings is 1. The number of imide groups is 1. The number of esters is 1. The summed E-state index contributed by atoms with van der Waals surface area (Å²) in [5.41, 5.74) is 1.90. The minimum atomic E-state index is -0.609. The summed E-state index contributed by atoms with van der Waals surface area (Å²) < 4.78 is 7.56. The molecule has 2 heterocycles. The Morgan fingerprint density at radius 3 is 2.48 bits per heavy atom. The van der Waals surface area contributed by atoms with Gasteiger partial charge in [-0.2, -0.15) is 4.99 Å². The van der Waals surface area contributed by atoms with E-state index in [9.17, 15) is 19.2 Å². The number of carbonyl (C=O) groups excluding carboxylic acids is 4. The maximum absolute atomic E-state index is 12.4. The van der Waals surface area contributed by atoms with Crippen molar-refractivity contribution in [2.75, 3.05) is 13.2 Å². The number of fused-ring (bicyclic) bond motifs is 1. The van der Waals surface area contributed by atoms with Gasteiger partial charge in [0.1, 0.15) is 13.1 Å². The van der Waals surface area contributed by atoms with Crippen molar-refractivity contribution in [2.24, 2.45) is 4.99 Å². The van der Waals surface area contributed by atoms with Crippen LogP contribution in [-0.2, 0) is 30.5 Å². The molecule has 0 radical (unpaired) electrons. The first-order valence-corrected chi connectivity index (χ1v) is 10.3. The van der Waals surface area contributed by atoms with E-state index in [1.165, 1.54) is 11.3 Å². The zero-order valence-corrected chi connectivity index (χ0v) is 17.5. The largest absolute Gasteiger partial charge is 0.465 e. The van der Waals surface area contributed by atoms with Gasteiger partial charge >= 0.3 is 5.97 Å². The summed E-state index contributed by atoms with van der Waals surface area (Å²) in [7, 11) is 0. The highest BCUT2D eigenvalue weighted by Gasteiger charge is 2.30. The predicted molar refractivity (Wildman–Crippen MR) is 107 cm³/mol. The van der Waals surface area contributed by atoms with E-state index in [4.69, 9.17) is 4.74 Å². The molecule has 154 valence electrons. The Hall–Kier alpha value is -2.81. The zero-order chi connectivity index (χ0) is 21.1. The van der Waals surface area contributed by atoms with Gasteiger partial charge in [-0.1, -0.05) is 31.3 Å². The third-order valence-corrected chi connectivity index (χ3v) is 5.68. The fourth-order valence-corrected chi connectivity index (χ4v) is 4.19. The fraction of sp³-hybridized carbons (Fsp3) is 0.450. The quantitative estimate of drug-likeness (QED) is 0.529. The van der Waals surface area contributed by atoms with Gasteiger partial charge in [-0.15, -0.1) is 0 Å². The molecule has 1 aliphatic rings. The molecule has 1 saturated heterocycles. The van der Waals surface area contributed by atoms with Crippen molar-refractivity contribution in [3.63, 3.8) is 0 Å². The number of likely N-dealkylation sites (tertiary alicyclic amines) is 1. The van der Waals surface area contributed by atoms with Crippen molar-refractivity contribution in [2.45, 2.75) is 46.1 Å². The Morgan fingerprint density at radius 2 is 1.86 bits per heavy atom. The molecule has 0 unspecified atom stereocenters. The average Bonchev–Trinajstić information content (AvgIpc) is 3.15. The van der Waals surface area contributed by atoms with Gasteiger partial charge in [0.2, 0.25) is 11.8 Å². The van der Waals surface area contributed by atoms with E-state index >= 15 is 0 Å². The van der Waals surface area contributed by atoms with Crippen molar-refractivity contribution in [3.8, 4) is 0 Å². The van der Waals surface area contributed by atoms with E-state index in [1.807, 2.05) is 18.2 Å². The second-order valence-electron chi connectivity index (χ2n) is 7.04. The Bertz CT molecular complexity index is 1030. The van der Waals surface area contributed by atoms with E-state index in [1.54, 1.807) is 11.5 Å². The normalized spacial score (nSPS) is 15.0. The van der Waals surface area contributed by atoms with Gasteiger partial charge in [-0.25, -0.2) is 0 Å². The number of hydrogen-bond donors (Lipinski definition) is 0. The van der Waals surface area contributed by atoms with E-state index < -0.39 is 11.9 Å². The van der Waals surface area contributed by atoms with Crippen LogP contribution < -0.4 is 4.80 Å². The van der Waals surface area contributed by atoms with Gasteiger partial charge < -0.3 is 9.30 Å². The van der Waals surface area contributed by atoms with E-state index in [2.05, 4.69) is 18.8 Å². The molecule has 0 saturated carbocycles. The van der Waals surface area contributed by atoms with Crippen molar-refractivity contribution >= 4 is 45.2 Å². The lowest BCUT2D eigenvalue weighted by molar-refractivity contribution is -0.144. The van der Waals surface area contributed by atoms with E-state index in [0.717, 1.165) is 20.7 Å². The maximum atomic E-state index is 12.4. The number of aromatic nitrogens is 1. The van der Waals surface area contributed by atoms with Crippen molar-refractivity contribution in [3.05, 3.63) is 28.6 Å². The van der Waals surface area contributed by atoms with E-state index in [-0.39, 0.29) is 44.4 Å². The molecule has 1 fully saturated rings. The summed E-state index contributed by atoms with van der Waals surface area (Å²) in [5.74, 6) is -1.44. The first-order chi connectivity index (χ1) is 13.8. The standard InChI is InChI=1S/C20H23N3O5S/c1-4-28-19(27)11-22-14-6-5-13(12(2)3)9-15(14)29-20(22)21-16(24)10-23-17(25)7-8-18(23)26/h5-6,9,12H,4,7-8,10-11H2,1-3H3. The van der Waals surface area contributed by atoms with Crippen LogP contribution in [0.2, 0.25) is 0 Å². The summed E-state index contributed by atoms with van der Waals surface area (Å²) in [6.07, 6.45) is 0.242. The Kier molecular flexibility index (Phi) is 6.26. The summed E-state index contributed by atoms with van der Waals surface area (Å²) in [6.45, 7) is 5.68. The summed E-state index contributed by atoms with van der Waals surface area (Å²) in [4.78, 5) is 53.4. The summed E-state index contributed by atoms with van der Waals surface area (Å²) >= 11 is 1.28. The third-order valence-electron chi connectivity index (χ3n) is 4.63. The molecule has 0 spiro atoms. The minimum absolute atomic E-state index is 0.0808. The van der Waals surface area contributed by atoms with Gasteiger partial charge in [0.05, 0.1) is 16.8 Å². The molecule has 0 N–H and O–H groups in total. The molecule has 0 aliphatic carbocycles. The van der Waals surface area contributed by atoms with Crippen molar-refractivity contribution in [1.82, 2.24) is 9.47 Å². The molecular weight excluding hydrogens is 394 g/mol. The predicted octanol–water partition coefficient (Wildman–Crippen LogP) is 1.97. The van der Waals surface area contributed by atoms with Crippen LogP contribution in [0.15, 0.2) is 23.2 Å². The molecule has 29 heavy (non-hydrogen) atoms. The molecule has 1 aliphatic heterocycles. The topological polar surface area (TPSA) is 98.0 Å². The molecule has 3 amide bonds. The van der Waals surface area contributed by atoms with Gasteiger partial charge in [0, 0.05) is 12.8 Å². The second kappa shape index (κ2) is 8.69. The first kappa shape index (κ1) is 20.9. The smallest absolute Gasteiger partial charge is 0.326 e. The molecule has 3 rings (SSSR count). The lowest BCUT2D eigenvalue weighted by Crippen LogP contribution is -2.34. The van der Waals surface area contributed by atoms with Crippen LogP contribution in [0.4, 0.5) is 0 Å². The number of hydrogen-bond acceptors (Lipinski definition) is 6. The minimum Gasteiger partial charge on any atom is -0.465 e. The molecule has 8 nitrogen and oxygen atoms in total. The van der Waals surface area contributed by atoms with Crippen LogP contribution in [-0.4, -0.2) is 46.3 Å². The van der Waals surface area contributed by atoms with Gasteiger partial charge in [0.15, 0.2) is 4.80 Å². The molecule has 1 aromatic carbocycles. The lowest BCUT2D eigenvalue weighted by Gasteiger charge is -2.10. The number of benzene rings is 1. The van der Waals surface area contributed by atoms with Gasteiger partial charge in [-0.3, -0.25) is 24.1 Å². The summed E-state index contributed by atoms with van der Waals surface area (Å²) in [5, 5.41) is 0. The van der Waals surface area contributed by atoms with Crippen LogP contribution in [0.3, 0.4) is 0 Å². The SMILES string of the molecule is CCOC(=O)Cn1c(=NC(=O)CN2C(=O)CCC2=O)sc2cc(C(C)C)ccc21. The second-order valence-corrected chi connectivity index (χ2v) is 8.05. The number of nitrogens with zero attached hydrogens (tertiary/aromatic N) is 3. The Morgan fingerprint density at radius 1 is 1.17 bits per heavy atom. The number of rotatable bonds is 6. The lowest BCUT2D eigenvalue weighted by atomic mass is 10.0. The summed E-state index contributed by atoms with van der Waals surface area (Å²) in [6, 6.07) is 5.90. The molecule has 1 aromatic heterocycles. The molecule has 0 atom stereocenters. The number of amides is 3. The fourth-order valence-electron chi connectivity index (χ4n) is 3.10. The van der Waals surface area contributed by atoms with Crippen LogP contribution in [0.25, 0.3) is 10.2 Å². The highest BCUT2D eigenvalue weighted by Crippen LogP contribution is 2.23. The van der Waals surface area contributed by atoms with Gasteiger partial charge in [0.25, 0.3) is 5.91 Å². The maximum Gasteiger partial charge on any atom is 0.326 e. The highest BCUT2D eigenvalue weighted by atomic mass is 32.1. The molecule has 9 heteroatoms. The van der Waals surface area contributed by atoms with Crippen LogP contribution in [0.5, 0.6) is 0 Å². The van der Waals surface area contributed by atoms with Crippen molar-refractivity contribution < 1.29 is 23.9 Å². The molecular formula is C20H23N3O5S. The number of carbonyl (C=O) groups is 4. The number of ether oxygens (including phenoxy) is 1. The molecule has 0 bridgehead atoms. The van der Waals surface area contributed by atoms with Crippen molar-refractivity contribution in [1.29, 1.82) is 0 Å². The Labute approximate surface area is 171 Å². The van der Waals surface area contributed by atoms with Crippen LogP contribution in [0.1, 0.15) is 45.1 Å². The zero-order valence-electron chi connectivity index (χ0n) is 16.6. The van der Waals surface area contributed by atoms with Crippen LogP contribution in [0, 0.1) is 0 Å². The molecule has 2 aromatic rings. The monoisotopic (exact) mass is 417 g/mol.